The Kier molecular flexibility index (Phi) is 4.68. The molecule has 2 amide bonds. The number of aryl methyl sites for hydroxylation is 1. The first kappa shape index (κ1) is 17.9. The third kappa shape index (κ3) is 3.40. The van der Waals surface area contributed by atoms with E-state index in [0.717, 1.165) is 0 Å². The molecule has 3 rings (SSSR count). The second-order valence-corrected chi connectivity index (χ2v) is 7.36. The Morgan fingerprint density at radius 2 is 2.15 bits per heavy atom. The fourth-order valence-corrected chi connectivity index (χ4v) is 3.46. The normalized spacial score (nSPS) is 16.4. The zero-order valence-electron chi connectivity index (χ0n) is 14.2. The summed E-state index contributed by atoms with van der Waals surface area (Å²) in [5, 5.41) is 6.55. The van der Waals surface area contributed by atoms with Gasteiger partial charge >= 0.3 is 0 Å². The Hall–Kier alpha value is -2.88. The first-order valence-electron chi connectivity index (χ1n) is 8.05. The van der Waals surface area contributed by atoms with E-state index in [1.165, 1.54) is 35.3 Å². The van der Waals surface area contributed by atoms with Crippen molar-refractivity contribution in [2.24, 2.45) is 0 Å². The van der Waals surface area contributed by atoms with Crippen LogP contribution >= 0.6 is 0 Å². The number of benzene rings is 1. The van der Waals surface area contributed by atoms with Crippen LogP contribution in [-0.2, 0) is 21.4 Å². The van der Waals surface area contributed by atoms with Gasteiger partial charge in [-0.05, 0) is 31.5 Å². The minimum atomic E-state index is -4.12. The maximum Gasteiger partial charge on any atom is 0.268 e. The number of carbonyl (C=O) groups excluding carboxylic acids is 2. The van der Waals surface area contributed by atoms with Crippen molar-refractivity contribution in [1.82, 2.24) is 14.5 Å². The highest BCUT2D eigenvalue weighted by molar-refractivity contribution is 7.90. The van der Waals surface area contributed by atoms with Gasteiger partial charge in [-0.3, -0.25) is 14.3 Å². The molecule has 2 N–H and O–H groups in total. The molecule has 9 nitrogen and oxygen atoms in total. The van der Waals surface area contributed by atoms with Gasteiger partial charge in [0.1, 0.15) is 5.75 Å². The minimum absolute atomic E-state index is 0.135. The molecule has 0 fully saturated rings. The molecule has 0 spiro atoms. The van der Waals surface area contributed by atoms with Crippen molar-refractivity contribution in [2.75, 3.05) is 5.32 Å². The van der Waals surface area contributed by atoms with Gasteiger partial charge in [-0.25, -0.2) is 13.1 Å². The first-order chi connectivity index (χ1) is 12.3. The number of carbonyl (C=O) groups is 2. The van der Waals surface area contributed by atoms with Crippen LogP contribution in [-0.4, -0.2) is 36.1 Å². The average Bonchev–Trinajstić information content (AvgIpc) is 3.09. The highest BCUT2D eigenvalue weighted by Gasteiger charge is 2.28. The Morgan fingerprint density at radius 3 is 2.81 bits per heavy atom. The third-order valence-corrected chi connectivity index (χ3v) is 5.23. The molecule has 0 bridgehead atoms. The van der Waals surface area contributed by atoms with Gasteiger partial charge in [0.2, 0.25) is 0 Å². The lowest BCUT2D eigenvalue weighted by atomic mass is 10.2. The number of nitrogens with one attached hydrogen (secondary N) is 2. The Labute approximate surface area is 150 Å². The fourth-order valence-electron chi connectivity index (χ4n) is 2.46. The standard InChI is InChI=1S/C16H18N4O5S/c1-3-13-16(22)18-12-7-11(5-6-14(12)25-13)26(23,24)19-15(21)10-8-17-20(4-2)9-10/h5-9,13H,3-4H2,1-2H3,(H,18,22)(H,19,21)/t13-/m0/s1. The maximum atomic E-state index is 12.5. The molecule has 1 aliphatic heterocycles. The summed E-state index contributed by atoms with van der Waals surface area (Å²) in [5.74, 6) is -0.745. The van der Waals surface area contributed by atoms with Crippen molar-refractivity contribution < 1.29 is 22.7 Å². The molecule has 2 heterocycles. The third-order valence-electron chi connectivity index (χ3n) is 3.90. The molecule has 0 radical (unpaired) electrons. The molecule has 0 saturated carbocycles. The van der Waals surface area contributed by atoms with Crippen molar-refractivity contribution in [3.05, 3.63) is 36.2 Å². The Bertz CT molecular complexity index is 967. The van der Waals surface area contributed by atoms with Gasteiger partial charge in [0.25, 0.3) is 21.8 Å². The molecule has 10 heteroatoms. The molecule has 0 unspecified atom stereocenters. The summed E-state index contributed by atoms with van der Waals surface area (Å²) >= 11 is 0. The molecule has 1 aliphatic rings. The summed E-state index contributed by atoms with van der Waals surface area (Å²) in [7, 11) is -4.12. The van der Waals surface area contributed by atoms with E-state index in [-0.39, 0.29) is 22.1 Å². The highest BCUT2D eigenvalue weighted by atomic mass is 32.2. The Morgan fingerprint density at radius 1 is 1.38 bits per heavy atom. The van der Waals surface area contributed by atoms with Crippen LogP contribution in [0.3, 0.4) is 0 Å². The zero-order valence-corrected chi connectivity index (χ0v) is 15.0. The summed E-state index contributed by atoms with van der Waals surface area (Å²) < 4.78 is 34.0. The summed E-state index contributed by atoms with van der Waals surface area (Å²) in [4.78, 5) is 23.9. The van der Waals surface area contributed by atoms with E-state index >= 15 is 0 Å². The van der Waals surface area contributed by atoms with Crippen LogP contribution in [0, 0.1) is 0 Å². The lowest BCUT2D eigenvalue weighted by Gasteiger charge is -2.25. The zero-order chi connectivity index (χ0) is 18.9. The lowest BCUT2D eigenvalue weighted by molar-refractivity contribution is -0.123. The molecule has 1 aromatic heterocycles. The molecule has 2 aromatic rings. The number of rotatable bonds is 5. The van der Waals surface area contributed by atoms with Gasteiger partial charge in [-0.1, -0.05) is 6.92 Å². The quantitative estimate of drug-likeness (QED) is 0.805. The number of fused-ring (bicyclic) bond motifs is 1. The predicted molar refractivity (Wildman–Crippen MR) is 92.3 cm³/mol. The van der Waals surface area contributed by atoms with Gasteiger partial charge in [0.15, 0.2) is 6.10 Å². The molecule has 138 valence electrons. The fraction of sp³-hybridized carbons (Fsp3) is 0.312. The minimum Gasteiger partial charge on any atom is -0.478 e. The smallest absolute Gasteiger partial charge is 0.268 e. The van der Waals surface area contributed by atoms with Gasteiger partial charge < -0.3 is 10.1 Å². The van der Waals surface area contributed by atoms with E-state index in [2.05, 4.69) is 10.4 Å². The van der Waals surface area contributed by atoms with Crippen molar-refractivity contribution in [1.29, 1.82) is 0 Å². The average molecular weight is 378 g/mol. The summed E-state index contributed by atoms with van der Waals surface area (Å²) in [6.07, 6.45) is 2.63. The topological polar surface area (TPSA) is 119 Å². The van der Waals surface area contributed by atoms with Gasteiger partial charge in [-0.15, -0.1) is 0 Å². The number of hydrogen-bond donors (Lipinski definition) is 2. The maximum absolute atomic E-state index is 12.5. The number of amides is 2. The largest absolute Gasteiger partial charge is 0.478 e. The Balaban J connectivity index is 1.83. The van der Waals surface area contributed by atoms with E-state index in [0.29, 0.717) is 18.7 Å². The number of anilines is 1. The molecule has 1 aromatic carbocycles. The number of sulfonamides is 1. The lowest BCUT2D eigenvalue weighted by Crippen LogP contribution is -2.36. The SMILES string of the molecule is CC[C@@H]1Oc2ccc(S(=O)(=O)NC(=O)c3cnn(CC)c3)cc2NC1=O. The second kappa shape index (κ2) is 6.79. The van der Waals surface area contributed by atoms with E-state index in [4.69, 9.17) is 4.74 Å². The summed E-state index contributed by atoms with van der Waals surface area (Å²) in [5.41, 5.74) is 0.379. The van der Waals surface area contributed by atoms with Crippen LogP contribution in [0.15, 0.2) is 35.5 Å². The highest BCUT2D eigenvalue weighted by Crippen LogP contribution is 2.32. The summed E-state index contributed by atoms with van der Waals surface area (Å²) in [6.45, 7) is 4.21. The number of nitrogens with zero attached hydrogens (tertiary/aromatic N) is 2. The van der Waals surface area contributed by atoms with E-state index in [9.17, 15) is 18.0 Å². The van der Waals surface area contributed by atoms with E-state index < -0.39 is 22.0 Å². The summed E-state index contributed by atoms with van der Waals surface area (Å²) in [6, 6.07) is 4.02. The predicted octanol–water partition coefficient (Wildman–Crippen LogP) is 1.13. The molecule has 0 saturated heterocycles. The van der Waals surface area contributed by atoms with E-state index in [1.54, 1.807) is 0 Å². The van der Waals surface area contributed by atoms with Crippen LogP contribution in [0.4, 0.5) is 5.69 Å². The van der Waals surface area contributed by atoms with Crippen molar-refractivity contribution in [3.63, 3.8) is 0 Å². The molecule has 1 atom stereocenters. The number of aromatic nitrogens is 2. The van der Waals surface area contributed by atoms with Crippen molar-refractivity contribution in [2.45, 2.75) is 37.8 Å². The molecule has 0 aliphatic carbocycles. The van der Waals surface area contributed by atoms with Crippen LogP contribution in [0.2, 0.25) is 0 Å². The van der Waals surface area contributed by atoms with Crippen LogP contribution in [0.1, 0.15) is 30.6 Å². The van der Waals surface area contributed by atoms with Crippen LogP contribution < -0.4 is 14.8 Å². The van der Waals surface area contributed by atoms with Crippen LogP contribution in [0.5, 0.6) is 5.75 Å². The number of ether oxygens (including phenoxy) is 1. The van der Waals surface area contributed by atoms with E-state index in [1.807, 2.05) is 18.6 Å². The van der Waals surface area contributed by atoms with Crippen molar-refractivity contribution >= 4 is 27.5 Å². The molecular formula is C16H18N4O5S. The van der Waals surface area contributed by atoms with Gasteiger partial charge in [0, 0.05) is 12.7 Å². The molecular weight excluding hydrogens is 360 g/mol. The number of hydrogen-bond acceptors (Lipinski definition) is 6. The first-order valence-corrected chi connectivity index (χ1v) is 9.53. The second-order valence-electron chi connectivity index (χ2n) is 5.68. The van der Waals surface area contributed by atoms with Gasteiger partial charge in [-0.2, -0.15) is 5.10 Å². The molecule has 26 heavy (non-hydrogen) atoms. The van der Waals surface area contributed by atoms with Crippen molar-refractivity contribution in [3.8, 4) is 5.75 Å². The van der Waals surface area contributed by atoms with Crippen LogP contribution in [0.25, 0.3) is 0 Å². The monoisotopic (exact) mass is 378 g/mol. The van der Waals surface area contributed by atoms with Gasteiger partial charge in [0.05, 0.1) is 22.3 Å².